The third kappa shape index (κ3) is 3.26. The minimum absolute atomic E-state index is 0.0625. The van der Waals surface area contributed by atoms with Crippen molar-refractivity contribution in [1.29, 1.82) is 0 Å². The van der Waals surface area contributed by atoms with Crippen molar-refractivity contribution in [2.75, 3.05) is 32.1 Å². The second-order valence-electron chi connectivity index (χ2n) is 4.37. The van der Waals surface area contributed by atoms with Gasteiger partial charge in [0.15, 0.2) is 5.00 Å². The molecular weight excluding hydrogens is 306 g/mol. The van der Waals surface area contributed by atoms with Crippen LogP contribution in [0, 0.1) is 16.0 Å². The molecule has 2 rings (SSSR count). The molecule has 20 heavy (non-hydrogen) atoms. The number of rotatable bonds is 6. The quantitative estimate of drug-likeness (QED) is 0.597. The van der Waals surface area contributed by atoms with E-state index in [0.717, 1.165) is 23.8 Å². The smallest absolute Gasteiger partial charge is 0.304 e. The molecule has 2 heterocycles. The van der Waals surface area contributed by atoms with Crippen LogP contribution in [0.25, 0.3) is 0 Å². The number of ether oxygens (including phenoxy) is 1. The number of nitrogens with one attached hydrogen (secondary N) is 2. The molecule has 10 heteroatoms. The Morgan fingerprint density at radius 1 is 1.60 bits per heavy atom. The molecule has 1 aliphatic rings. The zero-order chi connectivity index (χ0) is 14.8. The van der Waals surface area contributed by atoms with Gasteiger partial charge in [-0.25, -0.2) is 13.1 Å². The van der Waals surface area contributed by atoms with E-state index in [1.54, 1.807) is 0 Å². The van der Waals surface area contributed by atoms with Crippen molar-refractivity contribution < 1.29 is 18.1 Å². The van der Waals surface area contributed by atoms with Crippen molar-refractivity contribution in [3.05, 3.63) is 16.2 Å². The maximum Gasteiger partial charge on any atom is 0.304 e. The number of anilines is 1. The molecule has 1 fully saturated rings. The van der Waals surface area contributed by atoms with Gasteiger partial charge < -0.3 is 10.1 Å². The highest BCUT2D eigenvalue weighted by Crippen LogP contribution is 2.36. The number of nitro groups is 1. The highest BCUT2D eigenvalue weighted by atomic mass is 32.2. The van der Waals surface area contributed by atoms with Gasteiger partial charge in [-0.2, -0.15) is 0 Å². The van der Waals surface area contributed by atoms with Gasteiger partial charge in [-0.1, -0.05) is 11.3 Å². The second-order valence-corrected chi connectivity index (χ2v) is 7.41. The minimum Gasteiger partial charge on any atom is -0.381 e. The summed E-state index contributed by atoms with van der Waals surface area (Å²) in [5, 5.41) is 13.7. The molecule has 1 aromatic rings. The van der Waals surface area contributed by atoms with Crippen LogP contribution in [0.3, 0.4) is 0 Å². The fourth-order valence-electron chi connectivity index (χ4n) is 1.85. The van der Waals surface area contributed by atoms with E-state index in [2.05, 4.69) is 10.0 Å². The second kappa shape index (κ2) is 6.04. The lowest BCUT2D eigenvalue weighted by atomic mass is 10.1. The molecule has 1 saturated heterocycles. The van der Waals surface area contributed by atoms with Gasteiger partial charge in [0.1, 0.15) is 4.21 Å². The van der Waals surface area contributed by atoms with Crippen molar-refractivity contribution in [1.82, 2.24) is 4.72 Å². The van der Waals surface area contributed by atoms with E-state index in [9.17, 15) is 18.5 Å². The lowest BCUT2D eigenvalue weighted by Crippen LogP contribution is -2.29. The molecule has 1 atom stereocenters. The molecule has 0 aliphatic carbocycles. The van der Waals surface area contributed by atoms with Crippen molar-refractivity contribution in [2.24, 2.45) is 5.92 Å². The van der Waals surface area contributed by atoms with Crippen LogP contribution in [-0.2, 0) is 14.8 Å². The number of thiophene rings is 1. The van der Waals surface area contributed by atoms with Crippen LogP contribution in [0.4, 0.5) is 10.7 Å². The summed E-state index contributed by atoms with van der Waals surface area (Å²) in [7, 11) is -2.21. The molecule has 1 aromatic heterocycles. The van der Waals surface area contributed by atoms with Crippen molar-refractivity contribution in [2.45, 2.75) is 10.6 Å². The van der Waals surface area contributed by atoms with Crippen molar-refractivity contribution in [3.63, 3.8) is 0 Å². The summed E-state index contributed by atoms with van der Waals surface area (Å²) < 4.78 is 31.8. The van der Waals surface area contributed by atoms with Gasteiger partial charge in [-0.3, -0.25) is 10.1 Å². The zero-order valence-electron chi connectivity index (χ0n) is 10.8. The fraction of sp³-hybridized carbons (Fsp3) is 0.600. The number of hydrogen-bond donors (Lipinski definition) is 2. The van der Waals surface area contributed by atoms with Gasteiger partial charge in [0, 0.05) is 26.3 Å². The van der Waals surface area contributed by atoms with E-state index < -0.39 is 14.9 Å². The summed E-state index contributed by atoms with van der Waals surface area (Å²) in [6, 6.07) is 1.07. The van der Waals surface area contributed by atoms with Crippen molar-refractivity contribution in [3.8, 4) is 0 Å². The summed E-state index contributed by atoms with van der Waals surface area (Å²) >= 11 is 0.843. The summed E-state index contributed by atoms with van der Waals surface area (Å²) in [5.41, 5.74) is -0.234. The molecule has 2 N–H and O–H groups in total. The van der Waals surface area contributed by atoms with Gasteiger partial charge in [-0.05, 0) is 12.3 Å². The molecule has 8 nitrogen and oxygen atoms in total. The predicted molar refractivity (Wildman–Crippen MR) is 74.6 cm³/mol. The van der Waals surface area contributed by atoms with Gasteiger partial charge in [-0.15, -0.1) is 0 Å². The van der Waals surface area contributed by atoms with Gasteiger partial charge in [0.2, 0.25) is 10.0 Å². The average molecular weight is 321 g/mol. The van der Waals surface area contributed by atoms with Crippen LogP contribution in [0.1, 0.15) is 6.42 Å². The summed E-state index contributed by atoms with van der Waals surface area (Å²) in [4.78, 5) is 10.2. The maximum absolute atomic E-state index is 12.1. The van der Waals surface area contributed by atoms with E-state index in [1.807, 2.05) is 0 Å². The van der Waals surface area contributed by atoms with Crippen LogP contribution in [0.2, 0.25) is 0 Å². The first-order chi connectivity index (χ1) is 9.44. The Hall–Kier alpha value is -1.23. The Kier molecular flexibility index (Phi) is 4.58. The Bertz CT molecular complexity index is 592. The number of nitrogens with zero attached hydrogens (tertiary/aromatic N) is 1. The lowest BCUT2D eigenvalue weighted by Gasteiger charge is -2.08. The Morgan fingerprint density at radius 2 is 2.35 bits per heavy atom. The topological polar surface area (TPSA) is 111 Å². The van der Waals surface area contributed by atoms with E-state index in [1.165, 1.54) is 7.05 Å². The van der Waals surface area contributed by atoms with Gasteiger partial charge in [0.05, 0.1) is 11.5 Å². The number of hydrogen-bond acceptors (Lipinski definition) is 7. The zero-order valence-corrected chi connectivity index (χ0v) is 12.4. The first-order valence-electron chi connectivity index (χ1n) is 5.97. The van der Waals surface area contributed by atoms with Gasteiger partial charge >= 0.3 is 5.69 Å². The largest absolute Gasteiger partial charge is 0.381 e. The molecule has 0 bridgehead atoms. The minimum atomic E-state index is -3.72. The van der Waals surface area contributed by atoms with Crippen LogP contribution in [-0.4, -0.2) is 40.1 Å². The molecule has 0 amide bonds. The van der Waals surface area contributed by atoms with Crippen LogP contribution in [0.5, 0.6) is 0 Å². The molecule has 0 spiro atoms. The van der Waals surface area contributed by atoms with E-state index in [-0.39, 0.29) is 27.4 Å². The van der Waals surface area contributed by atoms with Gasteiger partial charge in [0.25, 0.3) is 0 Å². The Balaban J connectivity index is 2.14. The van der Waals surface area contributed by atoms with Crippen LogP contribution in [0.15, 0.2) is 10.3 Å². The highest BCUT2D eigenvalue weighted by molar-refractivity contribution is 7.91. The van der Waals surface area contributed by atoms with E-state index >= 15 is 0 Å². The number of sulfonamides is 1. The lowest BCUT2D eigenvalue weighted by molar-refractivity contribution is -0.383. The third-order valence-corrected chi connectivity index (χ3v) is 6.00. The monoisotopic (exact) mass is 321 g/mol. The molecular formula is C10H15N3O5S2. The summed E-state index contributed by atoms with van der Waals surface area (Å²) in [5.74, 6) is 0.156. The van der Waals surface area contributed by atoms with Crippen LogP contribution < -0.4 is 10.0 Å². The average Bonchev–Trinajstić information content (AvgIpc) is 3.05. The normalized spacial score (nSPS) is 19.1. The SMILES string of the molecule is CNc1sc(S(=O)(=O)NCC2CCOC2)cc1[N+](=O)[O-]. The molecule has 0 radical (unpaired) electrons. The van der Waals surface area contributed by atoms with E-state index in [4.69, 9.17) is 4.74 Å². The standard InChI is InChI=1S/C10H15N3O5S2/c1-11-10-8(13(14)15)4-9(19-10)20(16,17)12-5-7-2-3-18-6-7/h4,7,11-12H,2-3,5-6H2,1H3. The molecule has 112 valence electrons. The summed E-state index contributed by atoms with van der Waals surface area (Å²) in [6.45, 7) is 1.46. The van der Waals surface area contributed by atoms with Crippen molar-refractivity contribution >= 4 is 32.0 Å². The third-order valence-electron chi connectivity index (χ3n) is 2.96. The molecule has 1 aliphatic heterocycles. The molecule has 0 saturated carbocycles. The highest BCUT2D eigenvalue weighted by Gasteiger charge is 2.26. The van der Waals surface area contributed by atoms with E-state index in [0.29, 0.717) is 13.2 Å². The molecule has 0 aromatic carbocycles. The summed E-state index contributed by atoms with van der Waals surface area (Å²) in [6.07, 6.45) is 0.814. The van der Waals surface area contributed by atoms with Crippen LogP contribution >= 0.6 is 11.3 Å². The Morgan fingerprint density at radius 3 is 2.85 bits per heavy atom. The predicted octanol–water partition coefficient (Wildman–Crippen LogP) is 1.01. The first kappa shape index (κ1) is 15.2. The first-order valence-corrected chi connectivity index (χ1v) is 8.27. The fourth-order valence-corrected chi connectivity index (χ4v) is 4.29. The maximum atomic E-state index is 12.1. The molecule has 1 unspecified atom stereocenters. The Labute approximate surface area is 120 Å².